The van der Waals surface area contributed by atoms with E-state index in [-0.39, 0.29) is 11.9 Å². The molecule has 0 aliphatic heterocycles. The minimum absolute atomic E-state index is 0.0548. The SMILES string of the molecule is CC1(O)CC(NC(=O)c2cnc3ncccc3c2C2CC2)C1. The summed E-state index contributed by atoms with van der Waals surface area (Å²) in [5.41, 5.74) is 1.81. The van der Waals surface area contributed by atoms with Gasteiger partial charge in [0.15, 0.2) is 5.65 Å². The maximum absolute atomic E-state index is 12.6. The van der Waals surface area contributed by atoms with Gasteiger partial charge in [0.1, 0.15) is 0 Å². The van der Waals surface area contributed by atoms with Crippen molar-refractivity contribution in [2.24, 2.45) is 0 Å². The van der Waals surface area contributed by atoms with E-state index in [9.17, 15) is 9.90 Å². The lowest BCUT2D eigenvalue weighted by Crippen LogP contribution is -2.53. The number of carbonyl (C=O) groups is 1. The first-order chi connectivity index (χ1) is 10.5. The van der Waals surface area contributed by atoms with Gasteiger partial charge in [0, 0.05) is 23.8 Å². The fourth-order valence-corrected chi connectivity index (χ4v) is 3.41. The number of nitrogens with one attached hydrogen (secondary N) is 1. The Hall–Kier alpha value is -2.01. The molecule has 4 rings (SSSR count). The summed E-state index contributed by atoms with van der Waals surface area (Å²) in [5, 5.41) is 13.8. The number of hydrogen-bond donors (Lipinski definition) is 2. The largest absolute Gasteiger partial charge is 0.390 e. The molecule has 0 atom stereocenters. The summed E-state index contributed by atoms with van der Waals surface area (Å²) >= 11 is 0. The quantitative estimate of drug-likeness (QED) is 0.910. The van der Waals surface area contributed by atoms with Gasteiger partial charge in [-0.3, -0.25) is 4.79 Å². The molecular weight excluding hydrogens is 278 g/mol. The molecule has 0 unspecified atom stereocenters. The lowest BCUT2D eigenvalue weighted by Gasteiger charge is -2.41. The minimum atomic E-state index is -0.636. The molecule has 114 valence electrons. The molecule has 0 spiro atoms. The van der Waals surface area contributed by atoms with E-state index in [1.807, 2.05) is 12.1 Å². The third-order valence-electron chi connectivity index (χ3n) is 4.62. The van der Waals surface area contributed by atoms with Crippen LogP contribution in [0.1, 0.15) is 54.4 Å². The molecule has 2 aliphatic rings. The molecule has 2 saturated carbocycles. The van der Waals surface area contributed by atoms with Gasteiger partial charge in [0.25, 0.3) is 5.91 Å². The number of amides is 1. The Morgan fingerprint density at radius 2 is 2.14 bits per heavy atom. The zero-order chi connectivity index (χ0) is 15.3. The van der Waals surface area contributed by atoms with Crippen molar-refractivity contribution in [2.75, 3.05) is 0 Å². The summed E-state index contributed by atoms with van der Waals surface area (Å²) < 4.78 is 0. The summed E-state index contributed by atoms with van der Waals surface area (Å²) in [7, 11) is 0. The van der Waals surface area contributed by atoms with Gasteiger partial charge in [-0.1, -0.05) is 0 Å². The van der Waals surface area contributed by atoms with Gasteiger partial charge < -0.3 is 10.4 Å². The van der Waals surface area contributed by atoms with Crippen LogP contribution < -0.4 is 5.32 Å². The van der Waals surface area contributed by atoms with Crippen LogP contribution in [0.5, 0.6) is 0 Å². The second-order valence-corrected chi connectivity index (χ2v) is 6.81. The third-order valence-corrected chi connectivity index (χ3v) is 4.62. The van der Waals surface area contributed by atoms with Crippen LogP contribution in [0.25, 0.3) is 11.0 Å². The van der Waals surface area contributed by atoms with Crippen molar-refractivity contribution in [1.29, 1.82) is 0 Å². The van der Waals surface area contributed by atoms with Gasteiger partial charge in [0.2, 0.25) is 0 Å². The molecule has 5 heteroatoms. The second kappa shape index (κ2) is 4.74. The van der Waals surface area contributed by atoms with Crippen molar-refractivity contribution < 1.29 is 9.90 Å². The van der Waals surface area contributed by atoms with E-state index < -0.39 is 5.60 Å². The molecule has 2 heterocycles. The molecule has 0 saturated heterocycles. The topological polar surface area (TPSA) is 75.1 Å². The summed E-state index contributed by atoms with van der Waals surface area (Å²) in [6.45, 7) is 1.80. The number of fused-ring (bicyclic) bond motifs is 1. The fourth-order valence-electron chi connectivity index (χ4n) is 3.41. The summed E-state index contributed by atoms with van der Waals surface area (Å²) in [5.74, 6) is 0.362. The van der Waals surface area contributed by atoms with Crippen molar-refractivity contribution in [2.45, 2.75) is 50.2 Å². The minimum Gasteiger partial charge on any atom is -0.390 e. The Morgan fingerprint density at radius 1 is 1.36 bits per heavy atom. The predicted molar refractivity (Wildman–Crippen MR) is 82.6 cm³/mol. The molecule has 2 N–H and O–H groups in total. The Labute approximate surface area is 128 Å². The van der Waals surface area contributed by atoms with Gasteiger partial charge >= 0.3 is 0 Å². The molecule has 0 radical (unpaired) electrons. The van der Waals surface area contributed by atoms with Crippen LogP contribution in [0.3, 0.4) is 0 Å². The molecule has 0 bridgehead atoms. The van der Waals surface area contributed by atoms with E-state index in [2.05, 4.69) is 15.3 Å². The Morgan fingerprint density at radius 3 is 2.82 bits per heavy atom. The molecular formula is C17H19N3O2. The van der Waals surface area contributed by atoms with Crippen LogP contribution in [0.2, 0.25) is 0 Å². The lowest BCUT2D eigenvalue weighted by atomic mass is 9.77. The Kier molecular flexibility index (Phi) is 2.94. The van der Waals surface area contributed by atoms with Gasteiger partial charge in [-0.15, -0.1) is 0 Å². The predicted octanol–water partition coefficient (Wildman–Crippen LogP) is 2.15. The smallest absolute Gasteiger partial charge is 0.253 e. The van der Waals surface area contributed by atoms with E-state index in [1.54, 1.807) is 19.3 Å². The molecule has 1 amide bonds. The first kappa shape index (κ1) is 13.6. The number of pyridine rings is 2. The number of carbonyl (C=O) groups excluding carboxylic acids is 1. The highest BCUT2D eigenvalue weighted by Gasteiger charge is 2.40. The van der Waals surface area contributed by atoms with Gasteiger partial charge in [-0.2, -0.15) is 0 Å². The van der Waals surface area contributed by atoms with Crippen molar-refractivity contribution in [3.05, 3.63) is 35.7 Å². The third kappa shape index (κ3) is 2.35. The normalized spacial score (nSPS) is 27.5. The first-order valence-electron chi connectivity index (χ1n) is 7.80. The Bertz CT molecular complexity index is 745. The molecule has 5 nitrogen and oxygen atoms in total. The van der Waals surface area contributed by atoms with Crippen molar-refractivity contribution in [3.63, 3.8) is 0 Å². The molecule has 22 heavy (non-hydrogen) atoms. The van der Waals surface area contributed by atoms with E-state index >= 15 is 0 Å². The maximum Gasteiger partial charge on any atom is 0.253 e. The molecule has 2 aromatic heterocycles. The first-order valence-corrected chi connectivity index (χ1v) is 7.80. The monoisotopic (exact) mass is 297 g/mol. The van der Waals surface area contributed by atoms with E-state index in [1.165, 1.54) is 0 Å². The second-order valence-electron chi connectivity index (χ2n) is 6.81. The average Bonchev–Trinajstić information content (AvgIpc) is 3.28. The average molecular weight is 297 g/mol. The van der Waals surface area contributed by atoms with Crippen molar-refractivity contribution in [1.82, 2.24) is 15.3 Å². The van der Waals surface area contributed by atoms with Crippen molar-refractivity contribution >= 4 is 16.9 Å². The summed E-state index contributed by atoms with van der Waals surface area (Å²) in [4.78, 5) is 21.2. The van der Waals surface area contributed by atoms with E-state index in [0.717, 1.165) is 23.8 Å². The zero-order valence-corrected chi connectivity index (χ0v) is 12.5. The fraction of sp³-hybridized carbons (Fsp3) is 0.471. The van der Waals surface area contributed by atoms with Crippen LogP contribution >= 0.6 is 0 Å². The van der Waals surface area contributed by atoms with Crippen LogP contribution in [0.15, 0.2) is 24.5 Å². The number of aliphatic hydroxyl groups is 1. The molecule has 2 aliphatic carbocycles. The van der Waals surface area contributed by atoms with Crippen LogP contribution in [0.4, 0.5) is 0 Å². The van der Waals surface area contributed by atoms with Gasteiger partial charge in [-0.05, 0) is 56.2 Å². The summed E-state index contributed by atoms with van der Waals surface area (Å²) in [6, 6.07) is 3.94. The highest BCUT2D eigenvalue weighted by Crippen LogP contribution is 2.44. The standard InChI is InChI=1S/C17H19N3O2/c1-17(22)7-11(8-17)20-16(21)13-9-19-15-12(3-2-6-18-15)14(13)10-4-5-10/h2-3,6,9-11,22H,4-5,7-8H2,1H3,(H,20,21). The van der Waals surface area contributed by atoms with Gasteiger partial charge in [-0.25, -0.2) is 9.97 Å². The number of hydrogen-bond acceptors (Lipinski definition) is 4. The lowest BCUT2D eigenvalue weighted by molar-refractivity contribution is -0.0367. The number of rotatable bonds is 3. The summed E-state index contributed by atoms with van der Waals surface area (Å²) in [6.07, 6.45) is 6.83. The van der Waals surface area contributed by atoms with Crippen LogP contribution in [0, 0.1) is 0 Å². The molecule has 2 fully saturated rings. The van der Waals surface area contributed by atoms with Crippen LogP contribution in [-0.4, -0.2) is 32.6 Å². The Balaban J connectivity index is 1.66. The highest BCUT2D eigenvalue weighted by molar-refractivity contribution is 6.00. The van der Waals surface area contributed by atoms with Gasteiger partial charge in [0.05, 0.1) is 11.2 Å². The number of nitrogens with zero attached hydrogens (tertiary/aromatic N) is 2. The van der Waals surface area contributed by atoms with E-state index in [0.29, 0.717) is 30.0 Å². The van der Waals surface area contributed by atoms with Crippen molar-refractivity contribution in [3.8, 4) is 0 Å². The maximum atomic E-state index is 12.6. The molecule has 0 aromatic carbocycles. The van der Waals surface area contributed by atoms with Crippen LogP contribution in [-0.2, 0) is 0 Å². The molecule has 2 aromatic rings. The van der Waals surface area contributed by atoms with E-state index in [4.69, 9.17) is 0 Å². The zero-order valence-electron chi connectivity index (χ0n) is 12.5. The number of aromatic nitrogens is 2. The highest BCUT2D eigenvalue weighted by atomic mass is 16.3.